The number of aromatic nitrogens is 5. The number of carbonyl (C=O) groups excluding carboxylic acids is 1. The summed E-state index contributed by atoms with van der Waals surface area (Å²) in [6.45, 7) is 9.08. The number of hydrogen-bond acceptors (Lipinski definition) is 8. The third-order valence-corrected chi connectivity index (χ3v) is 10.7. The molecule has 0 aliphatic carbocycles. The SMILES string of the molecule is CC[C@@H]1CN(Cc2cc([C@H](CC(=O)Cc3ccncc3)c3ccc4c(nnn4CC)c3C)ccc2C)S(=O)(=O)c2cccnc2O1. The van der Waals surface area contributed by atoms with E-state index in [2.05, 4.69) is 32.4 Å². The van der Waals surface area contributed by atoms with Crippen LogP contribution in [-0.4, -0.2) is 56.1 Å². The Morgan fingerprint density at radius 3 is 2.61 bits per heavy atom. The summed E-state index contributed by atoms with van der Waals surface area (Å²) >= 11 is 0. The Kier molecular flexibility index (Phi) is 8.97. The third kappa shape index (κ3) is 6.17. The molecule has 2 atom stereocenters. The van der Waals surface area contributed by atoms with Crippen LogP contribution in [0.4, 0.5) is 0 Å². The molecule has 1 aliphatic heterocycles. The van der Waals surface area contributed by atoms with Crippen molar-refractivity contribution in [3.8, 4) is 5.88 Å². The van der Waals surface area contributed by atoms with E-state index in [1.807, 2.05) is 62.7 Å². The summed E-state index contributed by atoms with van der Waals surface area (Å²) in [5.41, 5.74) is 7.41. The standard InChI is InChI=1S/C35H38N6O4S/c1-5-29-22-40(46(43,44)33-8-7-15-37-35(33)45-29)21-27-19-26(10-9-23(27)3)31(20-28(42)18-25-13-16-36-17-14-25)30-11-12-32-34(24(30)4)38-39-41(32)6-2/h7-17,19,29,31H,5-6,18,20-22H2,1-4H3/t29-,31+/m1/s1. The minimum Gasteiger partial charge on any atom is -0.472 e. The molecule has 0 radical (unpaired) electrons. The first-order valence-electron chi connectivity index (χ1n) is 15.6. The van der Waals surface area contributed by atoms with Gasteiger partial charge in [-0.3, -0.25) is 9.78 Å². The molecule has 1 aliphatic rings. The highest BCUT2D eigenvalue weighted by atomic mass is 32.2. The fraction of sp³-hybridized carbons (Fsp3) is 0.343. The van der Waals surface area contributed by atoms with Crippen LogP contribution < -0.4 is 4.74 Å². The van der Waals surface area contributed by atoms with Gasteiger partial charge in [-0.2, -0.15) is 4.31 Å². The van der Waals surface area contributed by atoms with Gasteiger partial charge in [-0.05, 0) is 90.9 Å². The number of nitrogens with zero attached hydrogens (tertiary/aromatic N) is 6. The summed E-state index contributed by atoms with van der Waals surface area (Å²) in [4.78, 5) is 22.0. The van der Waals surface area contributed by atoms with Gasteiger partial charge in [0.05, 0.1) is 12.1 Å². The van der Waals surface area contributed by atoms with Crippen molar-refractivity contribution in [1.82, 2.24) is 29.3 Å². The molecule has 11 heteroatoms. The van der Waals surface area contributed by atoms with Crippen molar-refractivity contribution in [3.63, 3.8) is 0 Å². The Morgan fingerprint density at radius 1 is 1.04 bits per heavy atom. The quantitative estimate of drug-likeness (QED) is 0.195. The lowest BCUT2D eigenvalue weighted by molar-refractivity contribution is -0.118. The zero-order valence-corrected chi connectivity index (χ0v) is 27.4. The molecule has 0 bridgehead atoms. The average molecular weight is 639 g/mol. The number of hydrogen-bond donors (Lipinski definition) is 0. The number of rotatable bonds is 10. The first-order valence-corrected chi connectivity index (χ1v) is 17.1. The van der Waals surface area contributed by atoms with Crippen molar-refractivity contribution in [2.24, 2.45) is 0 Å². The smallest absolute Gasteiger partial charge is 0.248 e. The van der Waals surface area contributed by atoms with Crippen molar-refractivity contribution >= 4 is 26.8 Å². The van der Waals surface area contributed by atoms with E-state index in [1.165, 1.54) is 4.31 Å². The molecule has 46 heavy (non-hydrogen) atoms. The molecule has 3 aromatic heterocycles. The third-order valence-electron chi connectivity index (χ3n) is 8.86. The van der Waals surface area contributed by atoms with Crippen LogP contribution in [0.3, 0.4) is 0 Å². The molecule has 0 unspecified atom stereocenters. The molecule has 5 aromatic rings. The number of aryl methyl sites for hydroxylation is 3. The molecule has 2 aromatic carbocycles. The molecular formula is C35H38N6O4S. The maximum absolute atomic E-state index is 13.9. The number of ether oxygens (including phenoxy) is 1. The number of pyridine rings is 2. The van der Waals surface area contributed by atoms with Crippen LogP contribution in [0.25, 0.3) is 11.0 Å². The summed E-state index contributed by atoms with van der Waals surface area (Å²) < 4.78 is 37.2. The van der Waals surface area contributed by atoms with Crippen molar-refractivity contribution in [1.29, 1.82) is 0 Å². The Hall–Kier alpha value is -4.48. The summed E-state index contributed by atoms with van der Waals surface area (Å²) in [5, 5.41) is 8.79. The van der Waals surface area contributed by atoms with Crippen LogP contribution in [0.5, 0.6) is 5.88 Å². The molecule has 0 amide bonds. The van der Waals surface area contributed by atoms with Crippen LogP contribution >= 0.6 is 0 Å². The predicted molar refractivity (Wildman–Crippen MR) is 175 cm³/mol. The molecule has 10 nitrogen and oxygen atoms in total. The molecular weight excluding hydrogens is 600 g/mol. The first kappa shape index (κ1) is 31.5. The number of sulfonamides is 1. The van der Waals surface area contributed by atoms with E-state index < -0.39 is 10.0 Å². The summed E-state index contributed by atoms with van der Waals surface area (Å²) in [5.74, 6) is -0.0413. The van der Waals surface area contributed by atoms with Crippen LogP contribution in [-0.2, 0) is 34.3 Å². The first-order chi connectivity index (χ1) is 22.2. The highest BCUT2D eigenvalue weighted by Crippen LogP contribution is 2.36. The zero-order chi connectivity index (χ0) is 32.4. The van der Waals surface area contributed by atoms with E-state index in [-0.39, 0.29) is 48.1 Å². The number of ketones is 1. The molecule has 238 valence electrons. The molecule has 6 rings (SSSR count). The second-order valence-corrected chi connectivity index (χ2v) is 13.7. The van der Waals surface area contributed by atoms with E-state index in [4.69, 9.17) is 4.74 Å². The lowest BCUT2D eigenvalue weighted by Crippen LogP contribution is -2.36. The van der Waals surface area contributed by atoms with Gasteiger partial charge in [0.15, 0.2) is 0 Å². The predicted octanol–water partition coefficient (Wildman–Crippen LogP) is 5.55. The van der Waals surface area contributed by atoms with Crippen molar-refractivity contribution < 1.29 is 17.9 Å². The number of benzene rings is 2. The topological polar surface area (TPSA) is 120 Å². The second-order valence-electron chi connectivity index (χ2n) is 11.8. The molecule has 0 spiro atoms. The molecule has 0 saturated heterocycles. The van der Waals surface area contributed by atoms with Gasteiger partial charge in [0.25, 0.3) is 0 Å². The largest absolute Gasteiger partial charge is 0.472 e. The van der Waals surface area contributed by atoms with Crippen LogP contribution in [0.1, 0.15) is 66.0 Å². The van der Waals surface area contributed by atoms with Gasteiger partial charge in [-0.15, -0.1) is 5.10 Å². The van der Waals surface area contributed by atoms with E-state index >= 15 is 0 Å². The van der Waals surface area contributed by atoms with Crippen LogP contribution in [0, 0.1) is 13.8 Å². The van der Waals surface area contributed by atoms with Crippen LogP contribution in [0.2, 0.25) is 0 Å². The normalized spacial score (nSPS) is 16.8. The van der Waals surface area contributed by atoms with Crippen molar-refractivity contribution in [2.75, 3.05) is 6.54 Å². The highest BCUT2D eigenvalue weighted by Gasteiger charge is 2.35. The Balaban J connectivity index is 1.40. The average Bonchev–Trinajstić information content (AvgIpc) is 3.45. The Labute approximate surface area is 269 Å². The van der Waals surface area contributed by atoms with Gasteiger partial charge in [-0.25, -0.2) is 18.1 Å². The summed E-state index contributed by atoms with van der Waals surface area (Å²) in [7, 11) is -3.88. The number of fused-ring (bicyclic) bond motifs is 2. The van der Waals surface area contributed by atoms with E-state index in [9.17, 15) is 13.2 Å². The van der Waals surface area contributed by atoms with Gasteiger partial charge in [0.2, 0.25) is 15.9 Å². The van der Waals surface area contributed by atoms with Gasteiger partial charge in [0, 0.05) is 50.4 Å². The number of Topliss-reactive ketones (excluding diaryl/α,β-unsaturated/α-hetero) is 1. The van der Waals surface area contributed by atoms with Gasteiger partial charge >= 0.3 is 0 Å². The molecule has 0 N–H and O–H groups in total. The van der Waals surface area contributed by atoms with Crippen molar-refractivity contribution in [2.45, 2.75) is 77.0 Å². The second kappa shape index (κ2) is 13.1. The Morgan fingerprint density at radius 2 is 1.85 bits per heavy atom. The fourth-order valence-corrected chi connectivity index (χ4v) is 7.70. The van der Waals surface area contributed by atoms with Gasteiger partial charge in [-0.1, -0.05) is 36.4 Å². The fourth-order valence-electron chi connectivity index (χ4n) is 6.18. The summed E-state index contributed by atoms with van der Waals surface area (Å²) in [6, 6.07) is 17.1. The van der Waals surface area contributed by atoms with Crippen molar-refractivity contribution in [3.05, 3.63) is 107 Å². The zero-order valence-electron chi connectivity index (χ0n) is 26.6. The molecule has 0 saturated carbocycles. The maximum Gasteiger partial charge on any atom is 0.248 e. The van der Waals surface area contributed by atoms with Crippen LogP contribution in [0.15, 0.2) is 78.1 Å². The van der Waals surface area contributed by atoms with Gasteiger partial charge in [0.1, 0.15) is 22.3 Å². The monoisotopic (exact) mass is 638 g/mol. The lowest BCUT2D eigenvalue weighted by atomic mass is 9.82. The van der Waals surface area contributed by atoms with E-state index in [0.717, 1.165) is 44.4 Å². The number of carbonyl (C=O) groups is 1. The molecule has 4 heterocycles. The maximum atomic E-state index is 13.9. The lowest BCUT2D eigenvalue weighted by Gasteiger charge is -2.25. The minimum atomic E-state index is -3.88. The summed E-state index contributed by atoms with van der Waals surface area (Å²) in [6.07, 6.45) is 5.80. The highest BCUT2D eigenvalue weighted by molar-refractivity contribution is 7.89. The van der Waals surface area contributed by atoms with Gasteiger partial charge < -0.3 is 4.74 Å². The van der Waals surface area contributed by atoms with E-state index in [1.54, 1.807) is 30.7 Å². The van der Waals surface area contributed by atoms with E-state index in [0.29, 0.717) is 19.4 Å². The Bertz CT molecular complexity index is 1990. The minimum absolute atomic E-state index is 0.0726. The molecule has 0 fully saturated rings.